The number of carbonyl (C=O) groups is 2. The second-order valence-electron chi connectivity index (χ2n) is 5.64. The lowest BCUT2D eigenvalue weighted by atomic mass is 10.1. The van der Waals surface area contributed by atoms with Crippen molar-refractivity contribution < 1.29 is 14.7 Å². The fraction of sp³-hybridized carbons (Fsp3) is 0.118. The molecule has 0 saturated heterocycles. The number of nitrogens with zero attached hydrogens (tertiary/aromatic N) is 3. The number of aromatic amines is 1. The molecule has 4 rings (SSSR count). The number of nitrogens with one attached hydrogen (secondary N) is 1. The van der Waals surface area contributed by atoms with E-state index in [1.54, 1.807) is 35.2 Å². The Balaban J connectivity index is 1.79. The first kappa shape index (κ1) is 14.3. The van der Waals surface area contributed by atoms with Crippen molar-refractivity contribution in [1.82, 2.24) is 9.97 Å². The molecule has 0 unspecified atom stereocenters. The van der Waals surface area contributed by atoms with Crippen molar-refractivity contribution in [3.05, 3.63) is 53.9 Å². The third-order valence-corrected chi connectivity index (χ3v) is 4.30. The Morgan fingerprint density at radius 1 is 1.25 bits per heavy atom. The van der Waals surface area contributed by atoms with Crippen molar-refractivity contribution in [2.24, 2.45) is 0 Å². The van der Waals surface area contributed by atoms with Gasteiger partial charge in [-0.05, 0) is 30.3 Å². The number of hydrogen-bond donors (Lipinski definition) is 2. The number of rotatable bonds is 2. The van der Waals surface area contributed by atoms with E-state index in [4.69, 9.17) is 5.11 Å². The molecule has 1 aliphatic rings. The Morgan fingerprint density at radius 2 is 2.00 bits per heavy atom. The largest absolute Gasteiger partial charge is 0.478 e. The van der Waals surface area contributed by atoms with Crippen molar-refractivity contribution >= 4 is 34.4 Å². The van der Waals surface area contributed by atoms with E-state index in [0.717, 1.165) is 22.3 Å². The summed E-state index contributed by atoms with van der Waals surface area (Å²) in [6.45, 7) is 0.405. The maximum atomic E-state index is 12.7. The van der Waals surface area contributed by atoms with Crippen LogP contribution in [0.25, 0.3) is 11.0 Å². The maximum absolute atomic E-state index is 12.7. The van der Waals surface area contributed by atoms with Crippen LogP contribution in [0, 0.1) is 0 Å². The van der Waals surface area contributed by atoms with Crippen LogP contribution in [-0.4, -0.2) is 34.1 Å². The smallest absolute Gasteiger partial charge is 0.335 e. The predicted octanol–water partition coefficient (Wildman–Crippen LogP) is 2.84. The molecular formula is C17H14N4O3. The summed E-state index contributed by atoms with van der Waals surface area (Å²) in [4.78, 5) is 34.3. The van der Waals surface area contributed by atoms with Gasteiger partial charge in [-0.15, -0.1) is 0 Å². The quantitative estimate of drug-likeness (QED) is 0.759. The van der Waals surface area contributed by atoms with Crippen molar-refractivity contribution in [3.63, 3.8) is 0 Å². The zero-order valence-electron chi connectivity index (χ0n) is 12.9. The fourth-order valence-electron chi connectivity index (χ4n) is 3.00. The lowest BCUT2D eigenvalue weighted by molar-refractivity contribution is 0.0697. The average molecular weight is 322 g/mol. The monoisotopic (exact) mass is 322 g/mol. The van der Waals surface area contributed by atoms with Crippen LogP contribution in [0.1, 0.15) is 15.9 Å². The van der Waals surface area contributed by atoms with Crippen molar-refractivity contribution in [2.75, 3.05) is 16.8 Å². The van der Waals surface area contributed by atoms with Gasteiger partial charge in [0.1, 0.15) is 5.65 Å². The lowest BCUT2D eigenvalue weighted by Gasteiger charge is -2.35. The summed E-state index contributed by atoms with van der Waals surface area (Å²) < 4.78 is 0. The van der Waals surface area contributed by atoms with E-state index in [1.807, 2.05) is 12.3 Å². The molecule has 0 saturated carbocycles. The molecule has 0 bridgehead atoms. The number of fused-ring (bicyclic) bond motifs is 3. The van der Waals surface area contributed by atoms with Gasteiger partial charge in [-0.3, -0.25) is 9.80 Å². The maximum Gasteiger partial charge on any atom is 0.335 e. The molecule has 2 amide bonds. The molecule has 2 aromatic heterocycles. The molecule has 24 heavy (non-hydrogen) atoms. The summed E-state index contributed by atoms with van der Waals surface area (Å²) in [5, 5.41) is 9.98. The highest BCUT2D eigenvalue weighted by molar-refractivity contribution is 6.07. The number of aromatic nitrogens is 2. The summed E-state index contributed by atoms with van der Waals surface area (Å²) in [6, 6.07) is 8.06. The van der Waals surface area contributed by atoms with Gasteiger partial charge in [0.15, 0.2) is 0 Å². The Bertz CT molecular complexity index is 962. The minimum absolute atomic E-state index is 0.178. The molecule has 1 aliphatic heterocycles. The molecule has 0 spiro atoms. The number of aromatic carboxylic acids is 1. The summed E-state index contributed by atoms with van der Waals surface area (Å²) in [7, 11) is 1.71. The molecule has 2 N–H and O–H groups in total. The van der Waals surface area contributed by atoms with Crippen molar-refractivity contribution in [2.45, 2.75) is 6.54 Å². The van der Waals surface area contributed by atoms with Gasteiger partial charge < -0.3 is 10.1 Å². The Morgan fingerprint density at radius 3 is 2.71 bits per heavy atom. The first-order valence-corrected chi connectivity index (χ1v) is 7.40. The van der Waals surface area contributed by atoms with Crippen LogP contribution in [-0.2, 0) is 6.54 Å². The third kappa shape index (κ3) is 2.02. The van der Waals surface area contributed by atoms with Gasteiger partial charge in [0.2, 0.25) is 0 Å². The van der Waals surface area contributed by atoms with Crippen LogP contribution in [0.2, 0.25) is 0 Å². The molecule has 0 atom stereocenters. The van der Waals surface area contributed by atoms with Gasteiger partial charge in [-0.2, -0.15) is 0 Å². The number of amides is 2. The van der Waals surface area contributed by atoms with Crippen LogP contribution >= 0.6 is 0 Å². The Labute approximate surface area is 137 Å². The molecular weight excluding hydrogens is 308 g/mol. The highest BCUT2D eigenvalue weighted by Crippen LogP contribution is 2.34. The summed E-state index contributed by atoms with van der Waals surface area (Å²) >= 11 is 0. The van der Waals surface area contributed by atoms with E-state index in [0.29, 0.717) is 12.2 Å². The minimum atomic E-state index is -0.992. The van der Waals surface area contributed by atoms with Crippen LogP contribution in [0.5, 0.6) is 0 Å². The first-order chi connectivity index (χ1) is 11.6. The van der Waals surface area contributed by atoms with E-state index in [-0.39, 0.29) is 11.6 Å². The molecule has 0 aliphatic carbocycles. The number of anilines is 2. The Hall–Kier alpha value is -3.35. The first-order valence-electron chi connectivity index (χ1n) is 7.40. The lowest BCUT2D eigenvalue weighted by Crippen LogP contribution is -2.45. The highest BCUT2D eigenvalue weighted by Gasteiger charge is 2.30. The van der Waals surface area contributed by atoms with E-state index >= 15 is 0 Å². The molecule has 120 valence electrons. The molecule has 0 fully saturated rings. The molecule has 1 aromatic carbocycles. The molecule has 3 heterocycles. The van der Waals surface area contributed by atoms with Crippen LogP contribution in [0.15, 0.2) is 42.7 Å². The van der Waals surface area contributed by atoms with Crippen LogP contribution in [0.4, 0.5) is 16.2 Å². The van der Waals surface area contributed by atoms with Crippen molar-refractivity contribution in [3.8, 4) is 0 Å². The predicted molar refractivity (Wildman–Crippen MR) is 89.5 cm³/mol. The normalized spacial score (nSPS) is 14.1. The summed E-state index contributed by atoms with van der Waals surface area (Å²) in [5.41, 5.74) is 3.41. The number of carboxylic acid groups (broad SMARTS) is 1. The summed E-state index contributed by atoms with van der Waals surface area (Å²) in [6.07, 6.45) is 3.51. The fourth-order valence-corrected chi connectivity index (χ4v) is 3.00. The van der Waals surface area contributed by atoms with Crippen molar-refractivity contribution in [1.29, 1.82) is 0 Å². The van der Waals surface area contributed by atoms with Crippen LogP contribution < -0.4 is 9.80 Å². The van der Waals surface area contributed by atoms with Gasteiger partial charge in [-0.1, -0.05) is 0 Å². The van der Waals surface area contributed by atoms with E-state index < -0.39 is 5.97 Å². The second kappa shape index (κ2) is 5.09. The molecule has 0 radical (unpaired) electrons. The average Bonchev–Trinajstić information content (AvgIpc) is 3.07. The van der Waals surface area contributed by atoms with E-state index in [1.165, 1.54) is 12.1 Å². The Kier molecular flexibility index (Phi) is 3.02. The van der Waals surface area contributed by atoms with Gasteiger partial charge in [0.05, 0.1) is 24.0 Å². The zero-order valence-corrected chi connectivity index (χ0v) is 12.9. The topological polar surface area (TPSA) is 89.5 Å². The van der Waals surface area contributed by atoms with Gasteiger partial charge in [0.25, 0.3) is 0 Å². The number of carbonyl (C=O) groups excluding carboxylic acids is 1. The van der Waals surface area contributed by atoms with Gasteiger partial charge >= 0.3 is 12.0 Å². The number of H-pyrrole nitrogens is 1. The molecule has 7 nitrogen and oxygen atoms in total. The number of hydrogen-bond acceptors (Lipinski definition) is 3. The summed E-state index contributed by atoms with van der Waals surface area (Å²) in [5.74, 6) is -0.992. The van der Waals surface area contributed by atoms with Gasteiger partial charge in [-0.25, -0.2) is 14.6 Å². The highest BCUT2D eigenvalue weighted by atomic mass is 16.4. The second-order valence-corrected chi connectivity index (χ2v) is 5.64. The number of carboxylic acids is 1. The zero-order chi connectivity index (χ0) is 16.8. The van der Waals surface area contributed by atoms with E-state index in [2.05, 4.69) is 9.97 Å². The number of benzene rings is 1. The standard InChI is InChI=1S/C17H14N4O3/c1-20-14-8-19-15-12(6-7-18-15)13(14)9-21(17(20)24)11-4-2-10(3-5-11)16(22)23/h2-8H,9H2,1H3,(H,18,19)(H,22,23). The van der Waals surface area contributed by atoms with Crippen LogP contribution in [0.3, 0.4) is 0 Å². The number of pyridine rings is 1. The minimum Gasteiger partial charge on any atom is -0.478 e. The van der Waals surface area contributed by atoms with E-state index in [9.17, 15) is 9.59 Å². The number of urea groups is 1. The third-order valence-electron chi connectivity index (χ3n) is 4.30. The molecule has 3 aromatic rings. The SMILES string of the molecule is CN1C(=O)N(c2ccc(C(=O)O)cc2)Cc2c1cnc1[nH]ccc21. The van der Waals surface area contributed by atoms with Gasteiger partial charge in [0, 0.05) is 29.9 Å². The molecule has 7 heteroatoms.